The van der Waals surface area contributed by atoms with Crippen LogP contribution in [-0.2, 0) is 16.6 Å². The summed E-state index contributed by atoms with van der Waals surface area (Å²) in [5, 5.41) is 10.3. The lowest BCUT2D eigenvalue weighted by atomic mass is 10.1. The van der Waals surface area contributed by atoms with Crippen LogP contribution in [0.1, 0.15) is 31.5 Å². The van der Waals surface area contributed by atoms with Crippen molar-refractivity contribution >= 4 is 33.0 Å². The molecule has 0 bridgehead atoms. The molecule has 1 amide bonds. The molecular weight excluding hydrogens is 415 g/mol. The number of nitrogens with zero attached hydrogens (tertiary/aromatic N) is 2. The van der Waals surface area contributed by atoms with Gasteiger partial charge in [0.05, 0.1) is 17.1 Å². The molecule has 0 fully saturated rings. The van der Waals surface area contributed by atoms with Crippen LogP contribution >= 0.6 is 11.3 Å². The number of carbonyl (C=O) groups is 1. The Hall–Kier alpha value is -2.69. The molecule has 7 nitrogen and oxygen atoms in total. The Labute approximate surface area is 172 Å². The van der Waals surface area contributed by atoms with Crippen molar-refractivity contribution in [1.29, 1.82) is 0 Å². The molecule has 0 saturated carbocycles. The largest absolute Gasteiger partial charge is 0.317 e. The number of aryl methyl sites for hydroxylation is 3. The van der Waals surface area contributed by atoms with Gasteiger partial charge in [0.1, 0.15) is 10.8 Å². The molecule has 0 saturated heterocycles. The zero-order chi connectivity index (χ0) is 21.2. The Balaban J connectivity index is 1.71. The summed E-state index contributed by atoms with van der Waals surface area (Å²) in [6, 6.07) is 9.36. The van der Waals surface area contributed by atoms with E-state index in [4.69, 9.17) is 0 Å². The van der Waals surface area contributed by atoms with E-state index in [9.17, 15) is 17.6 Å². The molecule has 29 heavy (non-hydrogen) atoms. The van der Waals surface area contributed by atoms with Gasteiger partial charge in [0.25, 0.3) is 5.91 Å². The maximum Gasteiger partial charge on any atom is 0.286 e. The lowest BCUT2D eigenvalue weighted by molar-refractivity contribution is 0.102. The number of amides is 1. The van der Waals surface area contributed by atoms with Gasteiger partial charge in [-0.15, -0.1) is 10.2 Å². The van der Waals surface area contributed by atoms with Crippen LogP contribution in [0.2, 0.25) is 0 Å². The molecule has 2 N–H and O–H groups in total. The normalized spacial score (nSPS) is 11.4. The molecule has 0 radical (unpaired) electrons. The van der Waals surface area contributed by atoms with E-state index in [1.54, 1.807) is 32.0 Å². The van der Waals surface area contributed by atoms with Crippen molar-refractivity contribution in [3.05, 3.63) is 68.9 Å². The maximum absolute atomic E-state index is 13.7. The summed E-state index contributed by atoms with van der Waals surface area (Å²) < 4.78 is 41.5. The van der Waals surface area contributed by atoms with E-state index in [2.05, 4.69) is 20.2 Å². The number of para-hydroxylation sites is 1. The van der Waals surface area contributed by atoms with E-state index >= 15 is 0 Å². The summed E-state index contributed by atoms with van der Waals surface area (Å²) in [4.78, 5) is 12.4. The second-order valence-electron chi connectivity index (χ2n) is 6.49. The third-order valence-corrected chi connectivity index (χ3v) is 6.70. The molecule has 0 spiro atoms. The summed E-state index contributed by atoms with van der Waals surface area (Å²) in [6.45, 7) is 5.27. The molecule has 1 aromatic heterocycles. The smallest absolute Gasteiger partial charge is 0.286 e. The second-order valence-corrected chi connectivity index (χ2v) is 9.25. The van der Waals surface area contributed by atoms with Gasteiger partial charge in [-0.25, -0.2) is 17.5 Å². The molecule has 0 aliphatic carbocycles. The van der Waals surface area contributed by atoms with Crippen LogP contribution in [0.3, 0.4) is 0 Å². The van der Waals surface area contributed by atoms with Crippen LogP contribution in [-0.4, -0.2) is 24.5 Å². The molecule has 0 atom stereocenters. The number of aromatic nitrogens is 2. The number of carbonyl (C=O) groups excluding carboxylic acids is 1. The Bertz CT molecular complexity index is 1150. The highest BCUT2D eigenvalue weighted by atomic mass is 32.2. The van der Waals surface area contributed by atoms with Gasteiger partial charge in [-0.3, -0.25) is 4.79 Å². The third kappa shape index (κ3) is 4.84. The molecule has 0 aliphatic heterocycles. The molecular formula is C19H19FN4O3S2. The van der Waals surface area contributed by atoms with E-state index < -0.39 is 21.7 Å². The SMILES string of the molecule is Cc1cc(C)c(S(=O)(=O)NCc2nnc(C(=O)Nc3ccccc3F)s2)c(C)c1. The first-order valence-electron chi connectivity index (χ1n) is 8.63. The standard InChI is InChI=1S/C19H19FN4O3S2/c1-11-8-12(2)17(13(3)9-11)29(26,27)21-10-16-23-24-19(28-16)18(25)22-15-7-5-4-6-14(15)20/h4-9,21H,10H2,1-3H3,(H,22,25). The molecule has 0 unspecified atom stereocenters. The molecule has 10 heteroatoms. The highest BCUT2D eigenvalue weighted by molar-refractivity contribution is 7.89. The van der Waals surface area contributed by atoms with Crippen molar-refractivity contribution in [1.82, 2.24) is 14.9 Å². The fourth-order valence-corrected chi connectivity index (χ4v) is 5.18. The Morgan fingerprint density at radius 1 is 1.10 bits per heavy atom. The summed E-state index contributed by atoms with van der Waals surface area (Å²) in [5.74, 6) is -1.19. The maximum atomic E-state index is 13.7. The van der Waals surface area contributed by atoms with E-state index in [-0.39, 0.29) is 22.1 Å². The number of sulfonamides is 1. The first-order chi connectivity index (χ1) is 13.7. The van der Waals surface area contributed by atoms with Gasteiger partial charge >= 0.3 is 0 Å². The van der Waals surface area contributed by atoms with Gasteiger partial charge < -0.3 is 5.32 Å². The minimum absolute atomic E-state index is 0.00477. The summed E-state index contributed by atoms with van der Waals surface area (Å²) in [7, 11) is -3.76. The lowest BCUT2D eigenvalue weighted by Crippen LogP contribution is -2.25. The first-order valence-corrected chi connectivity index (χ1v) is 10.9. The Morgan fingerprint density at radius 3 is 2.41 bits per heavy atom. The lowest BCUT2D eigenvalue weighted by Gasteiger charge is -2.12. The fraction of sp³-hybridized carbons (Fsp3) is 0.211. The summed E-state index contributed by atoms with van der Waals surface area (Å²) in [6.07, 6.45) is 0. The highest BCUT2D eigenvalue weighted by Gasteiger charge is 2.21. The molecule has 2 aromatic carbocycles. The molecule has 0 aliphatic rings. The van der Waals surface area contributed by atoms with Gasteiger partial charge in [0.15, 0.2) is 0 Å². The second kappa shape index (κ2) is 8.36. The minimum atomic E-state index is -3.76. The van der Waals surface area contributed by atoms with Crippen LogP contribution in [0.5, 0.6) is 0 Å². The van der Waals surface area contributed by atoms with Gasteiger partial charge in [-0.1, -0.05) is 41.2 Å². The molecule has 3 rings (SSSR count). The van der Waals surface area contributed by atoms with Gasteiger partial charge in [0, 0.05) is 0 Å². The summed E-state index contributed by atoms with van der Waals surface area (Å²) >= 11 is 0.929. The highest BCUT2D eigenvalue weighted by Crippen LogP contribution is 2.22. The molecule has 3 aromatic rings. The third-order valence-electron chi connectivity index (χ3n) is 4.07. The van der Waals surface area contributed by atoms with Crippen molar-refractivity contribution in [3.8, 4) is 0 Å². The predicted octanol–water partition coefficient (Wildman–Crippen LogP) is 3.33. The molecule has 1 heterocycles. The average Bonchev–Trinajstić information content (AvgIpc) is 3.10. The number of anilines is 1. The van der Waals surface area contributed by atoms with E-state index in [1.165, 1.54) is 18.2 Å². The van der Waals surface area contributed by atoms with Crippen molar-refractivity contribution in [2.24, 2.45) is 0 Å². The first kappa shape index (κ1) is 21.0. The van der Waals surface area contributed by atoms with Crippen LogP contribution in [0.25, 0.3) is 0 Å². The molecule has 152 valence electrons. The zero-order valence-electron chi connectivity index (χ0n) is 16.0. The van der Waals surface area contributed by atoms with E-state index in [0.29, 0.717) is 16.1 Å². The number of hydrogen-bond acceptors (Lipinski definition) is 6. The Kier molecular flexibility index (Phi) is 6.06. The van der Waals surface area contributed by atoms with Gasteiger partial charge in [-0.2, -0.15) is 0 Å². The number of halogens is 1. The summed E-state index contributed by atoms with van der Waals surface area (Å²) in [5.41, 5.74) is 2.31. The van der Waals surface area contributed by atoms with Crippen molar-refractivity contribution in [3.63, 3.8) is 0 Å². The predicted molar refractivity (Wildman–Crippen MR) is 109 cm³/mol. The number of rotatable bonds is 6. The van der Waals surface area contributed by atoms with Crippen molar-refractivity contribution < 1.29 is 17.6 Å². The van der Waals surface area contributed by atoms with E-state index in [0.717, 1.165) is 16.9 Å². The van der Waals surface area contributed by atoms with E-state index in [1.807, 2.05) is 6.92 Å². The van der Waals surface area contributed by atoms with Crippen LogP contribution in [0.15, 0.2) is 41.3 Å². The monoisotopic (exact) mass is 434 g/mol. The van der Waals surface area contributed by atoms with Crippen LogP contribution in [0.4, 0.5) is 10.1 Å². The van der Waals surface area contributed by atoms with Crippen molar-refractivity contribution in [2.45, 2.75) is 32.2 Å². The minimum Gasteiger partial charge on any atom is -0.317 e. The van der Waals surface area contributed by atoms with Crippen molar-refractivity contribution in [2.75, 3.05) is 5.32 Å². The quantitative estimate of drug-likeness (QED) is 0.620. The zero-order valence-corrected chi connectivity index (χ0v) is 17.6. The van der Waals surface area contributed by atoms with Gasteiger partial charge in [-0.05, 0) is 44.0 Å². The number of hydrogen-bond donors (Lipinski definition) is 2. The average molecular weight is 435 g/mol. The fourth-order valence-electron chi connectivity index (χ4n) is 2.97. The topological polar surface area (TPSA) is 101 Å². The van der Waals surface area contributed by atoms with Crippen LogP contribution < -0.4 is 10.0 Å². The number of nitrogens with one attached hydrogen (secondary N) is 2. The Morgan fingerprint density at radius 2 is 1.76 bits per heavy atom. The van der Waals surface area contributed by atoms with Gasteiger partial charge in [0.2, 0.25) is 15.0 Å². The number of benzene rings is 2. The van der Waals surface area contributed by atoms with Crippen LogP contribution in [0, 0.1) is 26.6 Å².